The molecule has 1 fully saturated rings. The Bertz CT molecular complexity index is 705. The highest BCUT2D eigenvalue weighted by Gasteiger charge is 2.26. The lowest BCUT2D eigenvalue weighted by molar-refractivity contribution is -0.134. The van der Waals surface area contributed by atoms with Gasteiger partial charge in [0.2, 0.25) is 11.8 Å². The van der Waals surface area contributed by atoms with Gasteiger partial charge in [-0.25, -0.2) is 0 Å². The molecule has 1 saturated heterocycles. The number of hydrogen-bond acceptors (Lipinski definition) is 4. The minimum absolute atomic E-state index is 0.0146. The van der Waals surface area contributed by atoms with Crippen molar-refractivity contribution in [2.75, 3.05) is 13.1 Å². The fraction of sp³-hybridized carbons (Fsp3) is 0.412. The molecule has 1 aromatic heterocycles. The summed E-state index contributed by atoms with van der Waals surface area (Å²) in [6.45, 7) is 3.19. The zero-order valence-electron chi connectivity index (χ0n) is 13.7. The first-order chi connectivity index (χ1) is 11.6. The van der Waals surface area contributed by atoms with Gasteiger partial charge in [0.25, 0.3) is 0 Å². The van der Waals surface area contributed by atoms with E-state index >= 15 is 0 Å². The van der Waals surface area contributed by atoms with Gasteiger partial charge in [0, 0.05) is 31.6 Å². The van der Waals surface area contributed by atoms with Gasteiger partial charge in [-0.2, -0.15) is 0 Å². The molecule has 7 heteroatoms. The summed E-state index contributed by atoms with van der Waals surface area (Å²) >= 11 is 0. The van der Waals surface area contributed by atoms with Crippen molar-refractivity contribution < 1.29 is 9.59 Å². The molecule has 1 aliphatic heterocycles. The summed E-state index contributed by atoms with van der Waals surface area (Å²) in [5.74, 6) is 0.732. The molecule has 24 heavy (non-hydrogen) atoms. The summed E-state index contributed by atoms with van der Waals surface area (Å²) in [4.78, 5) is 25.5. The molecular formula is C17H21N5O2. The number of benzene rings is 1. The van der Waals surface area contributed by atoms with Crippen molar-refractivity contribution in [1.82, 2.24) is 25.0 Å². The van der Waals surface area contributed by atoms with Crippen LogP contribution < -0.4 is 5.32 Å². The van der Waals surface area contributed by atoms with Crippen LogP contribution in [0.25, 0.3) is 5.69 Å². The lowest BCUT2D eigenvalue weighted by Crippen LogP contribution is -2.42. The number of nitrogens with one attached hydrogen (secondary N) is 1. The van der Waals surface area contributed by atoms with Gasteiger partial charge in [-0.1, -0.05) is 18.2 Å². The van der Waals surface area contributed by atoms with Crippen molar-refractivity contribution in [3.05, 3.63) is 42.5 Å². The van der Waals surface area contributed by atoms with Crippen LogP contribution in [0.3, 0.4) is 0 Å². The van der Waals surface area contributed by atoms with E-state index in [2.05, 4.69) is 15.5 Å². The SMILES string of the molecule is CC(=O)N1CCC(C(=O)NCc2nncn2-c2ccccc2)CC1. The molecule has 3 rings (SSSR count). The number of carbonyl (C=O) groups excluding carboxylic acids is 2. The van der Waals surface area contributed by atoms with Gasteiger partial charge in [0.1, 0.15) is 6.33 Å². The molecular weight excluding hydrogens is 306 g/mol. The van der Waals surface area contributed by atoms with Crippen molar-refractivity contribution in [3.63, 3.8) is 0 Å². The maximum absolute atomic E-state index is 12.3. The zero-order chi connectivity index (χ0) is 16.9. The van der Waals surface area contributed by atoms with Crippen LogP contribution in [0.2, 0.25) is 0 Å². The quantitative estimate of drug-likeness (QED) is 0.913. The van der Waals surface area contributed by atoms with Crippen LogP contribution in [-0.4, -0.2) is 44.6 Å². The van der Waals surface area contributed by atoms with Crippen LogP contribution in [0.15, 0.2) is 36.7 Å². The van der Waals surface area contributed by atoms with Gasteiger partial charge in [-0.05, 0) is 25.0 Å². The van der Waals surface area contributed by atoms with E-state index in [4.69, 9.17) is 0 Å². The van der Waals surface area contributed by atoms with E-state index in [1.807, 2.05) is 34.9 Å². The van der Waals surface area contributed by atoms with Crippen molar-refractivity contribution in [1.29, 1.82) is 0 Å². The van der Waals surface area contributed by atoms with Gasteiger partial charge in [-0.3, -0.25) is 14.2 Å². The summed E-state index contributed by atoms with van der Waals surface area (Å²) in [7, 11) is 0. The summed E-state index contributed by atoms with van der Waals surface area (Å²) in [6.07, 6.45) is 3.05. The monoisotopic (exact) mass is 327 g/mol. The first-order valence-corrected chi connectivity index (χ1v) is 8.12. The average Bonchev–Trinajstić information content (AvgIpc) is 3.09. The van der Waals surface area contributed by atoms with E-state index in [9.17, 15) is 9.59 Å². The molecule has 0 unspecified atom stereocenters. The van der Waals surface area contributed by atoms with Crippen molar-refractivity contribution in [2.24, 2.45) is 5.92 Å². The Balaban J connectivity index is 1.56. The Morgan fingerprint density at radius 2 is 1.92 bits per heavy atom. The number of para-hydroxylation sites is 1. The standard InChI is InChI=1S/C17H21N5O2/c1-13(23)21-9-7-14(8-10-21)17(24)18-11-16-20-19-12-22(16)15-5-3-2-4-6-15/h2-6,12,14H,7-11H2,1H3,(H,18,24). The van der Waals surface area contributed by atoms with Crippen LogP contribution in [-0.2, 0) is 16.1 Å². The van der Waals surface area contributed by atoms with E-state index in [1.165, 1.54) is 0 Å². The second-order valence-electron chi connectivity index (χ2n) is 5.95. The molecule has 2 aromatic rings. The molecule has 1 aliphatic rings. The molecule has 0 saturated carbocycles. The Labute approximate surface area is 140 Å². The normalized spacial score (nSPS) is 15.3. The number of hydrogen-bond donors (Lipinski definition) is 1. The summed E-state index contributed by atoms with van der Waals surface area (Å²) in [5.41, 5.74) is 0.960. The lowest BCUT2D eigenvalue weighted by atomic mass is 9.96. The fourth-order valence-corrected chi connectivity index (χ4v) is 2.95. The number of carbonyl (C=O) groups is 2. The number of aromatic nitrogens is 3. The van der Waals surface area contributed by atoms with E-state index in [0.717, 1.165) is 5.69 Å². The molecule has 2 amide bonds. The van der Waals surface area contributed by atoms with Gasteiger partial charge < -0.3 is 10.2 Å². The van der Waals surface area contributed by atoms with Crippen molar-refractivity contribution >= 4 is 11.8 Å². The molecule has 0 atom stereocenters. The van der Waals surface area contributed by atoms with Crippen molar-refractivity contribution in [3.8, 4) is 5.69 Å². The molecule has 1 N–H and O–H groups in total. The van der Waals surface area contributed by atoms with Gasteiger partial charge in [0.15, 0.2) is 5.82 Å². The third-order valence-electron chi connectivity index (χ3n) is 4.38. The maximum Gasteiger partial charge on any atom is 0.223 e. The van der Waals surface area contributed by atoms with Crippen LogP contribution in [0.4, 0.5) is 0 Å². The van der Waals surface area contributed by atoms with Crippen LogP contribution in [0.1, 0.15) is 25.6 Å². The van der Waals surface area contributed by atoms with E-state index in [1.54, 1.807) is 18.2 Å². The summed E-state index contributed by atoms with van der Waals surface area (Å²) in [6, 6.07) is 9.77. The molecule has 126 valence electrons. The second kappa shape index (κ2) is 7.25. The third-order valence-corrected chi connectivity index (χ3v) is 4.38. The molecule has 7 nitrogen and oxygen atoms in total. The van der Waals surface area contributed by atoms with Crippen LogP contribution in [0.5, 0.6) is 0 Å². The molecule has 0 radical (unpaired) electrons. The van der Waals surface area contributed by atoms with Gasteiger partial charge in [-0.15, -0.1) is 10.2 Å². The summed E-state index contributed by atoms with van der Waals surface area (Å²) in [5, 5.41) is 11.0. The highest BCUT2D eigenvalue weighted by molar-refractivity contribution is 5.79. The Morgan fingerprint density at radius 1 is 1.21 bits per heavy atom. The molecule has 1 aromatic carbocycles. The number of piperidine rings is 1. The minimum Gasteiger partial charge on any atom is -0.349 e. The largest absolute Gasteiger partial charge is 0.349 e. The predicted octanol–water partition coefficient (Wildman–Crippen LogP) is 1.14. The zero-order valence-corrected chi connectivity index (χ0v) is 13.7. The Kier molecular flexibility index (Phi) is 4.88. The number of amides is 2. The molecule has 0 aliphatic carbocycles. The minimum atomic E-state index is -0.0475. The van der Waals surface area contributed by atoms with Crippen LogP contribution >= 0.6 is 0 Å². The first-order valence-electron chi connectivity index (χ1n) is 8.12. The average molecular weight is 327 g/mol. The smallest absolute Gasteiger partial charge is 0.223 e. The number of rotatable bonds is 4. The van der Waals surface area contributed by atoms with E-state index < -0.39 is 0 Å². The Hall–Kier alpha value is -2.70. The highest BCUT2D eigenvalue weighted by atomic mass is 16.2. The summed E-state index contributed by atoms with van der Waals surface area (Å²) < 4.78 is 1.86. The first kappa shape index (κ1) is 16.2. The van der Waals surface area contributed by atoms with E-state index in [-0.39, 0.29) is 17.7 Å². The fourth-order valence-electron chi connectivity index (χ4n) is 2.95. The maximum atomic E-state index is 12.3. The predicted molar refractivity (Wildman–Crippen MR) is 88.2 cm³/mol. The lowest BCUT2D eigenvalue weighted by Gasteiger charge is -2.30. The topological polar surface area (TPSA) is 80.1 Å². The molecule has 0 bridgehead atoms. The van der Waals surface area contributed by atoms with Gasteiger partial charge in [0.05, 0.1) is 6.54 Å². The second-order valence-corrected chi connectivity index (χ2v) is 5.95. The number of likely N-dealkylation sites (tertiary alicyclic amines) is 1. The molecule has 2 heterocycles. The van der Waals surface area contributed by atoms with Crippen LogP contribution in [0, 0.1) is 5.92 Å². The van der Waals surface area contributed by atoms with Crippen molar-refractivity contribution in [2.45, 2.75) is 26.3 Å². The third kappa shape index (κ3) is 3.61. The molecule has 0 spiro atoms. The number of nitrogens with zero attached hydrogens (tertiary/aromatic N) is 4. The van der Waals surface area contributed by atoms with Gasteiger partial charge >= 0.3 is 0 Å². The van der Waals surface area contributed by atoms with E-state index in [0.29, 0.717) is 38.3 Å². The highest BCUT2D eigenvalue weighted by Crippen LogP contribution is 2.17. The Morgan fingerprint density at radius 3 is 2.58 bits per heavy atom.